The molecule has 0 saturated heterocycles. The van der Waals surface area contributed by atoms with E-state index in [4.69, 9.17) is 5.11 Å². The minimum absolute atomic E-state index is 0.0146. The zero-order valence-electron chi connectivity index (χ0n) is 12.1. The highest BCUT2D eigenvalue weighted by molar-refractivity contribution is 14.2. The Morgan fingerprint density at radius 2 is 2.29 bits per heavy atom. The van der Waals surface area contributed by atoms with E-state index in [9.17, 15) is 9.18 Å². The van der Waals surface area contributed by atoms with E-state index >= 15 is 0 Å². The molecular formula is C14H11FIN5O2S. The summed E-state index contributed by atoms with van der Waals surface area (Å²) in [4.78, 5) is 23.3. The van der Waals surface area contributed by atoms with Crippen molar-refractivity contribution in [2.75, 3.05) is 11.9 Å². The highest BCUT2D eigenvalue weighted by atomic mass is 127. The van der Waals surface area contributed by atoms with Crippen molar-refractivity contribution in [1.82, 2.24) is 18.9 Å². The number of hydrogen-bond donors (Lipinski definition) is 2. The molecule has 0 aliphatic heterocycles. The number of carboxylic acid groups (broad SMARTS) is 1. The number of aliphatic carboxylic acids is 1. The molecular weight excluding hydrogens is 448 g/mol. The van der Waals surface area contributed by atoms with Crippen molar-refractivity contribution in [1.29, 1.82) is 0 Å². The number of fused-ring (bicyclic) bond motifs is 1. The molecule has 124 valence electrons. The van der Waals surface area contributed by atoms with Crippen molar-refractivity contribution in [2.45, 2.75) is 6.42 Å². The number of nitrogens with zero attached hydrogens (tertiary/aromatic N) is 4. The summed E-state index contributed by atoms with van der Waals surface area (Å²) in [5.41, 5.74) is 1.28. The monoisotopic (exact) mass is 459 g/mol. The van der Waals surface area contributed by atoms with Crippen LogP contribution >= 0.6 is 30.3 Å². The molecule has 0 saturated carbocycles. The van der Waals surface area contributed by atoms with Gasteiger partial charge in [0.05, 0.1) is 12.6 Å². The van der Waals surface area contributed by atoms with E-state index < -0.39 is 11.8 Å². The summed E-state index contributed by atoms with van der Waals surface area (Å²) < 4.78 is 15.4. The third-order valence-electron chi connectivity index (χ3n) is 3.19. The Labute approximate surface area is 152 Å². The van der Waals surface area contributed by atoms with E-state index in [1.165, 1.54) is 21.4 Å². The van der Waals surface area contributed by atoms with Gasteiger partial charge in [-0.3, -0.25) is 8.77 Å². The number of halogens is 2. The van der Waals surface area contributed by atoms with Crippen LogP contribution < -0.4 is 5.32 Å². The molecule has 3 aromatic heterocycles. The Balaban J connectivity index is 1.98. The summed E-state index contributed by atoms with van der Waals surface area (Å²) in [5.74, 6) is -0.401. The van der Waals surface area contributed by atoms with E-state index in [0.717, 1.165) is 0 Å². The van der Waals surface area contributed by atoms with Crippen LogP contribution in [-0.4, -0.2) is 36.5 Å². The second kappa shape index (κ2) is 7.30. The molecule has 0 atom stereocenters. The fourth-order valence-corrected chi connectivity index (χ4v) is 3.43. The summed E-state index contributed by atoms with van der Waals surface area (Å²) in [6, 6.07) is 3.05. The van der Waals surface area contributed by atoms with Gasteiger partial charge in [-0.25, -0.2) is 19.3 Å². The largest absolute Gasteiger partial charge is 0.481 e. The van der Waals surface area contributed by atoms with Crippen LogP contribution in [0.25, 0.3) is 22.4 Å². The van der Waals surface area contributed by atoms with Gasteiger partial charge in [0.25, 0.3) is 0 Å². The van der Waals surface area contributed by atoms with Gasteiger partial charge in [-0.2, -0.15) is 0 Å². The molecule has 24 heavy (non-hydrogen) atoms. The van der Waals surface area contributed by atoms with Crippen molar-refractivity contribution < 1.29 is 14.3 Å². The van der Waals surface area contributed by atoms with Crippen molar-refractivity contribution in [3.63, 3.8) is 0 Å². The van der Waals surface area contributed by atoms with E-state index in [1.807, 2.05) is 0 Å². The van der Waals surface area contributed by atoms with Crippen LogP contribution in [0.4, 0.5) is 10.2 Å². The zero-order valence-corrected chi connectivity index (χ0v) is 15.1. The van der Waals surface area contributed by atoms with E-state index in [0.29, 0.717) is 28.2 Å². The van der Waals surface area contributed by atoms with Gasteiger partial charge in [-0.15, -0.1) is 0 Å². The number of rotatable bonds is 6. The smallest absolute Gasteiger partial charge is 0.305 e. The van der Waals surface area contributed by atoms with Crippen LogP contribution in [-0.2, 0) is 4.79 Å². The van der Waals surface area contributed by atoms with Crippen LogP contribution in [0.15, 0.2) is 30.7 Å². The number of aromatic nitrogens is 4. The lowest BCUT2D eigenvalue weighted by molar-refractivity contribution is -0.136. The molecule has 0 bridgehead atoms. The summed E-state index contributed by atoms with van der Waals surface area (Å²) in [6.07, 6.45) is 4.52. The van der Waals surface area contributed by atoms with Crippen LogP contribution in [0.1, 0.15) is 6.42 Å². The molecule has 0 unspecified atom stereocenters. The van der Waals surface area contributed by atoms with Gasteiger partial charge in [-0.1, -0.05) is 0 Å². The molecule has 3 heterocycles. The standard InChI is InChI=1S/C14H11FIN5O2S/c15-8-5-9-10(7-21(24-16)14(9)19-6-8)13-18-3-1-11(20-13)17-4-2-12(22)23/h1,3,5-7H,2,4H2,(H,22,23)(H,17,18,20). The Morgan fingerprint density at radius 3 is 3.04 bits per heavy atom. The Morgan fingerprint density at radius 1 is 1.46 bits per heavy atom. The first-order valence-electron chi connectivity index (χ1n) is 6.83. The van der Waals surface area contributed by atoms with Crippen molar-refractivity contribution >= 4 is 53.1 Å². The number of carboxylic acids is 1. The lowest BCUT2D eigenvalue weighted by Crippen LogP contribution is -2.09. The predicted octanol–water partition coefficient (Wildman–Crippen LogP) is 3.37. The third-order valence-corrected chi connectivity index (χ3v) is 4.89. The van der Waals surface area contributed by atoms with Crippen molar-refractivity contribution in [3.05, 3.63) is 36.5 Å². The van der Waals surface area contributed by atoms with Crippen LogP contribution in [0, 0.1) is 5.82 Å². The van der Waals surface area contributed by atoms with E-state index in [2.05, 4.69) is 41.5 Å². The minimum Gasteiger partial charge on any atom is -0.481 e. The molecule has 0 radical (unpaired) electrons. The normalized spacial score (nSPS) is 10.9. The van der Waals surface area contributed by atoms with E-state index in [-0.39, 0.29) is 13.0 Å². The van der Waals surface area contributed by atoms with Gasteiger partial charge < -0.3 is 10.4 Å². The first-order chi connectivity index (χ1) is 11.6. The summed E-state index contributed by atoms with van der Waals surface area (Å²) >= 11 is 2.11. The van der Waals surface area contributed by atoms with Crippen molar-refractivity contribution in [2.24, 2.45) is 0 Å². The Kier molecular flexibility index (Phi) is 5.14. The first-order valence-corrected chi connectivity index (χ1v) is 10.1. The number of anilines is 1. The van der Waals surface area contributed by atoms with Crippen LogP contribution in [0.2, 0.25) is 0 Å². The quantitative estimate of drug-likeness (QED) is 0.547. The predicted molar refractivity (Wildman–Crippen MR) is 98.5 cm³/mol. The summed E-state index contributed by atoms with van der Waals surface area (Å²) in [6.45, 7) is 0.257. The molecule has 0 aliphatic carbocycles. The number of carbonyl (C=O) groups is 1. The number of hydrogen-bond acceptors (Lipinski definition) is 6. The maximum atomic E-state index is 13.6. The van der Waals surface area contributed by atoms with Gasteiger partial charge >= 0.3 is 5.97 Å². The van der Waals surface area contributed by atoms with Crippen LogP contribution in [0.5, 0.6) is 0 Å². The van der Waals surface area contributed by atoms with Gasteiger partial charge in [0, 0.05) is 60.2 Å². The summed E-state index contributed by atoms with van der Waals surface area (Å²) in [7, 11) is 1.41. The van der Waals surface area contributed by atoms with E-state index in [1.54, 1.807) is 22.4 Å². The third kappa shape index (κ3) is 3.59. The highest BCUT2D eigenvalue weighted by Crippen LogP contribution is 2.32. The number of pyridine rings is 1. The fraction of sp³-hybridized carbons (Fsp3) is 0.143. The maximum absolute atomic E-state index is 13.6. The Bertz CT molecular complexity index is 904. The van der Waals surface area contributed by atoms with Gasteiger partial charge in [0.15, 0.2) is 11.5 Å². The molecule has 0 spiro atoms. The second-order valence-electron chi connectivity index (χ2n) is 4.80. The molecule has 2 N–H and O–H groups in total. The van der Waals surface area contributed by atoms with Crippen molar-refractivity contribution in [3.8, 4) is 11.4 Å². The maximum Gasteiger partial charge on any atom is 0.305 e. The molecule has 7 nitrogen and oxygen atoms in total. The number of nitrogens with one attached hydrogen (secondary N) is 1. The SMILES string of the molecule is O=C(O)CCNc1ccnc(-c2cn(SI)c3ncc(F)cc23)n1. The zero-order chi connectivity index (χ0) is 17.1. The minimum atomic E-state index is -0.888. The second-order valence-corrected chi connectivity index (χ2v) is 6.51. The topological polar surface area (TPSA) is 92.9 Å². The molecule has 0 amide bonds. The molecule has 10 heteroatoms. The molecule has 3 rings (SSSR count). The molecule has 0 aliphatic rings. The van der Waals surface area contributed by atoms with Crippen LogP contribution in [0.3, 0.4) is 0 Å². The molecule has 0 fully saturated rings. The van der Waals surface area contributed by atoms with Gasteiger partial charge in [-0.05, 0) is 12.1 Å². The molecule has 3 aromatic rings. The average Bonchev–Trinajstić information content (AvgIpc) is 2.92. The molecule has 0 aromatic carbocycles. The first kappa shape index (κ1) is 16.9. The fourth-order valence-electron chi connectivity index (χ4n) is 2.17. The Hall–Kier alpha value is -1.95. The van der Waals surface area contributed by atoms with Gasteiger partial charge in [0.2, 0.25) is 0 Å². The highest BCUT2D eigenvalue weighted by Gasteiger charge is 2.15. The van der Waals surface area contributed by atoms with Gasteiger partial charge in [0.1, 0.15) is 11.6 Å². The lowest BCUT2D eigenvalue weighted by Gasteiger charge is -2.05. The summed E-state index contributed by atoms with van der Waals surface area (Å²) in [5, 5.41) is 12.2. The lowest BCUT2D eigenvalue weighted by atomic mass is 10.2. The average molecular weight is 459 g/mol.